The zero-order valence-electron chi connectivity index (χ0n) is 21.7. The molecule has 8 heteroatoms. The lowest BCUT2D eigenvalue weighted by Gasteiger charge is -2.41. The molecule has 1 aliphatic heterocycles. The van der Waals surface area contributed by atoms with Crippen LogP contribution in [0.25, 0.3) is 0 Å². The van der Waals surface area contributed by atoms with Crippen LogP contribution in [0.3, 0.4) is 0 Å². The predicted molar refractivity (Wildman–Crippen MR) is 145 cm³/mol. The number of nitrogens with one attached hydrogen (secondary N) is 1. The maximum Gasteiger partial charge on any atom is 0.305 e. The molecule has 1 heterocycles. The minimum atomic E-state index is -0.940. The number of carbonyl (C=O) groups excluding carboxylic acids is 1. The average Bonchev–Trinajstić information content (AvgIpc) is 3.28. The first kappa shape index (κ1) is 27.0. The molecule has 4 rings (SSSR count). The van der Waals surface area contributed by atoms with Gasteiger partial charge in [0.2, 0.25) is 0 Å². The third-order valence-corrected chi connectivity index (χ3v) is 7.73. The Balaban J connectivity index is 1.54. The molecule has 0 spiro atoms. The van der Waals surface area contributed by atoms with Gasteiger partial charge < -0.3 is 20.1 Å². The van der Waals surface area contributed by atoms with E-state index in [2.05, 4.69) is 31.0 Å². The molecule has 1 saturated carbocycles. The Labute approximate surface area is 223 Å². The molecule has 1 amide bonds. The Morgan fingerprint density at radius 3 is 2.30 bits per heavy atom. The van der Waals surface area contributed by atoms with E-state index < -0.39 is 5.97 Å². The quantitative estimate of drug-likeness (QED) is 0.448. The van der Waals surface area contributed by atoms with Gasteiger partial charge >= 0.3 is 5.97 Å². The second kappa shape index (κ2) is 11.5. The highest BCUT2D eigenvalue weighted by Crippen LogP contribution is 2.42. The van der Waals surface area contributed by atoms with Crippen LogP contribution < -0.4 is 5.32 Å². The number of aliphatic carboxylic acids is 1. The number of amides is 1. The van der Waals surface area contributed by atoms with Crippen LogP contribution in [0.4, 0.5) is 5.69 Å². The SMILES string of the molecule is CC(C)(C)C1CCC(N2/C(=N/c3ccc(Cl)cc3)OCC2c2ccc(C(=O)NCCC(=O)O)cc2)CC1. The smallest absolute Gasteiger partial charge is 0.305 e. The van der Waals surface area contributed by atoms with Crippen LogP contribution in [0.1, 0.15) is 74.8 Å². The highest BCUT2D eigenvalue weighted by atomic mass is 35.5. The number of carboxylic acids is 1. The van der Waals surface area contributed by atoms with Gasteiger partial charge in [0.05, 0.1) is 18.2 Å². The average molecular weight is 526 g/mol. The molecule has 2 aromatic rings. The molecule has 2 aliphatic rings. The molecule has 1 saturated heterocycles. The number of ether oxygens (including phenoxy) is 1. The molecule has 198 valence electrons. The van der Waals surface area contributed by atoms with Gasteiger partial charge in [0.15, 0.2) is 0 Å². The maximum absolute atomic E-state index is 12.4. The van der Waals surface area contributed by atoms with Gasteiger partial charge in [-0.15, -0.1) is 0 Å². The topological polar surface area (TPSA) is 91.2 Å². The molecular weight excluding hydrogens is 490 g/mol. The molecule has 2 aromatic carbocycles. The monoisotopic (exact) mass is 525 g/mol. The number of halogens is 1. The second-order valence-electron chi connectivity index (χ2n) is 11.0. The standard InChI is InChI=1S/C29H36ClN3O4/c1-29(2,3)21-8-14-24(15-9-21)33-25(18-37-28(33)32-23-12-10-22(30)11-13-23)19-4-6-20(7-5-19)27(36)31-17-16-26(34)35/h4-7,10-13,21,24-25H,8-9,14-18H2,1-3H3,(H,31,36)(H,34,35)/b32-28-. The van der Waals surface area contributed by atoms with Gasteiger partial charge in [-0.25, -0.2) is 0 Å². The molecule has 0 radical (unpaired) electrons. The van der Waals surface area contributed by atoms with Crippen LogP contribution in [-0.2, 0) is 9.53 Å². The summed E-state index contributed by atoms with van der Waals surface area (Å²) in [5.41, 5.74) is 2.65. The summed E-state index contributed by atoms with van der Waals surface area (Å²) in [5.74, 6) is -0.524. The van der Waals surface area contributed by atoms with E-state index in [4.69, 9.17) is 26.4 Å². The van der Waals surface area contributed by atoms with Gasteiger partial charge in [0, 0.05) is 23.2 Å². The van der Waals surface area contributed by atoms with E-state index in [0.717, 1.165) is 24.1 Å². The number of amidine groups is 1. The van der Waals surface area contributed by atoms with Crippen molar-refractivity contribution in [1.29, 1.82) is 0 Å². The molecular formula is C29H36ClN3O4. The summed E-state index contributed by atoms with van der Waals surface area (Å²) in [5, 5.41) is 12.1. The van der Waals surface area contributed by atoms with Crippen molar-refractivity contribution in [2.24, 2.45) is 16.3 Å². The lowest BCUT2D eigenvalue weighted by molar-refractivity contribution is -0.136. The summed E-state index contributed by atoms with van der Waals surface area (Å²) >= 11 is 6.06. The highest BCUT2D eigenvalue weighted by Gasteiger charge is 2.40. The van der Waals surface area contributed by atoms with Gasteiger partial charge in [-0.2, -0.15) is 4.99 Å². The number of carbonyl (C=O) groups is 2. The summed E-state index contributed by atoms with van der Waals surface area (Å²) < 4.78 is 6.18. The Hall–Kier alpha value is -3.06. The van der Waals surface area contributed by atoms with E-state index in [1.54, 1.807) is 12.1 Å². The van der Waals surface area contributed by atoms with Gasteiger partial charge in [-0.1, -0.05) is 44.5 Å². The first-order chi connectivity index (χ1) is 17.6. The van der Waals surface area contributed by atoms with Crippen molar-refractivity contribution in [2.45, 2.75) is 65.0 Å². The molecule has 37 heavy (non-hydrogen) atoms. The van der Waals surface area contributed by atoms with Crippen molar-refractivity contribution in [3.63, 3.8) is 0 Å². The Morgan fingerprint density at radius 1 is 1.05 bits per heavy atom. The zero-order chi connectivity index (χ0) is 26.6. The molecule has 0 aromatic heterocycles. The van der Waals surface area contributed by atoms with Crippen molar-refractivity contribution >= 4 is 35.2 Å². The molecule has 2 N–H and O–H groups in total. The second-order valence-corrected chi connectivity index (χ2v) is 11.4. The summed E-state index contributed by atoms with van der Waals surface area (Å²) in [7, 11) is 0. The van der Waals surface area contributed by atoms with Gasteiger partial charge in [-0.05, 0) is 79.0 Å². The fraction of sp³-hybridized carbons (Fsp3) is 0.483. The van der Waals surface area contributed by atoms with Gasteiger partial charge in [-0.3, -0.25) is 9.59 Å². The van der Waals surface area contributed by atoms with Crippen LogP contribution >= 0.6 is 11.6 Å². The van der Waals surface area contributed by atoms with Crippen molar-refractivity contribution in [2.75, 3.05) is 13.2 Å². The van der Waals surface area contributed by atoms with Crippen LogP contribution in [0.5, 0.6) is 0 Å². The Morgan fingerprint density at radius 2 is 1.70 bits per heavy atom. The number of hydrogen-bond donors (Lipinski definition) is 2. The van der Waals surface area contributed by atoms with E-state index >= 15 is 0 Å². The van der Waals surface area contributed by atoms with E-state index in [1.807, 2.05) is 36.4 Å². The molecule has 1 unspecified atom stereocenters. The van der Waals surface area contributed by atoms with E-state index in [1.165, 1.54) is 12.8 Å². The summed E-state index contributed by atoms with van der Waals surface area (Å²) in [6.45, 7) is 7.56. The van der Waals surface area contributed by atoms with Crippen molar-refractivity contribution in [3.05, 3.63) is 64.7 Å². The normalized spacial score (nSPS) is 23.1. The number of nitrogens with zero attached hydrogens (tertiary/aromatic N) is 2. The van der Waals surface area contributed by atoms with Crippen LogP contribution in [-0.4, -0.2) is 47.1 Å². The zero-order valence-corrected chi connectivity index (χ0v) is 22.5. The first-order valence-electron chi connectivity index (χ1n) is 13.0. The lowest BCUT2D eigenvalue weighted by Crippen LogP contribution is -2.42. The fourth-order valence-electron chi connectivity index (χ4n) is 5.29. The van der Waals surface area contributed by atoms with Crippen LogP contribution in [0.15, 0.2) is 53.5 Å². The highest BCUT2D eigenvalue weighted by molar-refractivity contribution is 6.30. The Bertz CT molecular complexity index is 1120. The number of hydrogen-bond acceptors (Lipinski definition) is 4. The van der Waals surface area contributed by atoms with Crippen molar-refractivity contribution in [3.8, 4) is 0 Å². The van der Waals surface area contributed by atoms with Crippen LogP contribution in [0, 0.1) is 11.3 Å². The molecule has 2 fully saturated rings. The number of aliphatic imine (C=N–C) groups is 1. The van der Waals surface area contributed by atoms with Gasteiger partial charge in [0.25, 0.3) is 11.9 Å². The third-order valence-electron chi connectivity index (χ3n) is 7.48. The fourth-order valence-corrected chi connectivity index (χ4v) is 5.41. The van der Waals surface area contributed by atoms with Gasteiger partial charge in [0.1, 0.15) is 6.61 Å². The summed E-state index contributed by atoms with van der Waals surface area (Å²) in [6.07, 6.45) is 4.38. The largest absolute Gasteiger partial charge is 0.481 e. The molecule has 1 aliphatic carbocycles. The van der Waals surface area contributed by atoms with E-state index in [9.17, 15) is 9.59 Å². The number of rotatable bonds is 7. The maximum atomic E-state index is 12.4. The molecule has 7 nitrogen and oxygen atoms in total. The lowest BCUT2D eigenvalue weighted by atomic mass is 9.71. The minimum absolute atomic E-state index is 0.00800. The molecule has 1 atom stereocenters. The number of carboxylic acid groups (broad SMARTS) is 1. The van der Waals surface area contributed by atoms with E-state index in [-0.39, 0.29) is 24.9 Å². The van der Waals surface area contributed by atoms with Crippen molar-refractivity contribution in [1.82, 2.24) is 10.2 Å². The summed E-state index contributed by atoms with van der Waals surface area (Å²) in [4.78, 5) is 30.3. The minimum Gasteiger partial charge on any atom is -0.481 e. The van der Waals surface area contributed by atoms with Crippen LogP contribution in [0.2, 0.25) is 5.02 Å². The predicted octanol–water partition coefficient (Wildman–Crippen LogP) is 6.21. The Kier molecular flexibility index (Phi) is 8.42. The third kappa shape index (κ3) is 6.83. The number of benzene rings is 2. The summed E-state index contributed by atoms with van der Waals surface area (Å²) in [6, 6.07) is 15.8. The van der Waals surface area contributed by atoms with Crippen molar-refractivity contribution < 1.29 is 19.4 Å². The first-order valence-corrected chi connectivity index (χ1v) is 13.3. The van der Waals surface area contributed by atoms with E-state index in [0.29, 0.717) is 40.6 Å². The molecule has 0 bridgehead atoms.